The number of nitrogens with two attached hydrogens (primary N) is 1. The average molecular weight is 310 g/mol. The number of nitrogens with zero attached hydrogens (tertiary/aromatic N) is 1. The lowest BCUT2D eigenvalue weighted by Crippen LogP contribution is -2.38. The Morgan fingerprint density at radius 1 is 1.27 bits per heavy atom. The summed E-state index contributed by atoms with van der Waals surface area (Å²) in [6, 6.07) is 1.65. The van der Waals surface area contributed by atoms with Crippen LogP contribution in [0.2, 0.25) is 0 Å². The fraction of sp³-hybridized carbons (Fsp3) is 0.600. The van der Waals surface area contributed by atoms with Crippen LogP contribution in [0.15, 0.2) is 12.3 Å². The van der Waals surface area contributed by atoms with Gasteiger partial charge in [-0.3, -0.25) is 4.79 Å². The van der Waals surface area contributed by atoms with Gasteiger partial charge >= 0.3 is 6.09 Å². The molecule has 0 aromatic carbocycles. The van der Waals surface area contributed by atoms with Crippen molar-refractivity contribution in [2.75, 3.05) is 18.8 Å². The summed E-state index contributed by atoms with van der Waals surface area (Å²) in [5.41, 5.74) is 6.28. The van der Waals surface area contributed by atoms with E-state index >= 15 is 0 Å². The van der Waals surface area contributed by atoms with Gasteiger partial charge in [0.2, 0.25) is 0 Å². The van der Waals surface area contributed by atoms with E-state index in [4.69, 9.17) is 10.5 Å². The monoisotopic (exact) mass is 310 g/mol. The fourth-order valence-electron chi connectivity index (χ4n) is 1.89. The third-order valence-corrected chi connectivity index (χ3v) is 2.69. The molecule has 2 amide bonds. The van der Waals surface area contributed by atoms with Crippen LogP contribution in [0.3, 0.4) is 0 Å². The van der Waals surface area contributed by atoms with E-state index in [1.165, 1.54) is 0 Å². The molecule has 1 heterocycles. The Kier molecular flexibility index (Phi) is 6.27. The smallest absolute Gasteiger partial charge is 0.407 e. The number of nitrogen functional groups attached to an aromatic ring is 1. The van der Waals surface area contributed by atoms with E-state index in [1.807, 2.05) is 11.5 Å². The summed E-state index contributed by atoms with van der Waals surface area (Å²) in [4.78, 5) is 23.5. The number of aryl methyl sites for hydroxylation is 1. The first-order chi connectivity index (χ1) is 10.2. The highest BCUT2D eigenvalue weighted by Gasteiger charge is 2.16. The second-order valence-corrected chi connectivity index (χ2v) is 6.04. The summed E-state index contributed by atoms with van der Waals surface area (Å²) in [6.07, 6.45) is 2.16. The quantitative estimate of drug-likeness (QED) is 0.697. The largest absolute Gasteiger partial charge is 0.444 e. The van der Waals surface area contributed by atoms with Gasteiger partial charge in [0.25, 0.3) is 5.91 Å². The van der Waals surface area contributed by atoms with E-state index in [0.29, 0.717) is 24.5 Å². The molecule has 0 bridgehead atoms. The first-order valence-electron chi connectivity index (χ1n) is 7.43. The summed E-state index contributed by atoms with van der Waals surface area (Å²) in [5.74, 6) is -0.212. The van der Waals surface area contributed by atoms with Crippen LogP contribution in [-0.2, 0) is 11.3 Å². The van der Waals surface area contributed by atoms with Crippen molar-refractivity contribution in [1.82, 2.24) is 15.2 Å². The fourth-order valence-corrected chi connectivity index (χ4v) is 1.89. The molecule has 0 unspecified atom stereocenters. The van der Waals surface area contributed by atoms with Crippen LogP contribution in [0, 0.1) is 0 Å². The minimum atomic E-state index is -0.536. The molecule has 0 aliphatic heterocycles. The van der Waals surface area contributed by atoms with Crippen molar-refractivity contribution in [1.29, 1.82) is 0 Å². The number of rotatable bonds is 6. The lowest BCUT2D eigenvalue weighted by Gasteiger charge is -2.19. The number of anilines is 1. The number of amides is 2. The Morgan fingerprint density at radius 2 is 1.91 bits per heavy atom. The zero-order valence-electron chi connectivity index (χ0n) is 13.7. The lowest BCUT2D eigenvalue weighted by molar-refractivity contribution is 0.0526. The zero-order valence-corrected chi connectivity index (χ0v) is 13.7. The van der Waals surface area contributed by atoms with Gasteiger partial charge in [-0.25, -0.2) is 4.79 Å². The first-order valence-corrected chi connectivity index (χ1v) is 7.43. The minimum Gasteiger partial charge on any atom is -0.444 e. The van der Waals surface area contributed by atoms with Gasteiger partial charge in [0.1, 0.15) is 11.3 Å². The molecule has 0 saturated heterocycles. The first kappa shape index (κ1) is 17.9. The van der Waals surface area contributed by atoms with Gasteiger partial charge in [0, 0.05) is 25.8 Å². The lowest BCUT2D eigenvalue weighted by atomic mass is 10.2. The highest BCUT2D eigenvalue weighted by Crippen LogP contribution is 2.11. The number of carbonyl (C=O) groups is 2. The van der Waals surface area contributed by atoms with E-state index in [2.05, 4.69) is 10.6 Å². The third kappa shape index (κ3) is 6.07. The van der Waals surface area contributed by atoms with Crippen LogP contribution in [0.4, 0.5) is 10.5 Å². The summed E-state index contributed by atoms with van der Waals surface area (Å²) in [7, 11) is 0. The highest BCUT2D eigenvalue weighted by molar-refractivity contribution is 5.93. The van der Waals surface area contributed by atoms with Crippen molar-refractivity contribution in [2.45, 2.75) is 46.3 Å². The predicted octanol–water partition coefficient (Wildman–Crippen LogP) is 1.73. The molecular formula is C15H26N4O3. The molecule has 4 N–H and O–H groups in total. The summed E-state index contributed by atoms with van der Waals surface area (Å²) in [6.45, 7) is 8.75. The van der Waals surface area contributed by atoms with Crippen molar-refractivity contribution in [3.8, 4) is 0 Å². The van der Waals surface area contributed by atoms with Crippen LogP contribution in [-0.4, -0.2) is 35.3 Å². The molecule has 7 heteroatoms. The van der Waals surface area contributed by atoms with Gasteiger partial charge in [-0.15, -0.1) is 0 Å². The summed E-state index contributed by atoms with van der Waals surface area (Å²) < 4.78 is 6.93. The Bertz CT molecular complexity index is 517. The van der Waals surface area contributed by atoms with Gasteiger partial charge in [-0.2, -0.15) is 0 Å². The standard InChI is InChI=1S/C15H26N4O3/c1-5-8-19-10-11(16)9-12(19)13(20)17-6-7-18-14(21)22-15(2,3)4/h9-10H,5-8,16H2,1-4H3,(H,17,20)(H,18,21). The topological polar surface area (TPSA) is 98.4 Å². The van der Waals surface area contributed by atoms with Crippen LogP contribution in [0.1, 0.15) is 44.6 Å². The van der Waals surface area contributed by atoms with Crippen molar-refractivity contribution >= 4 is 17.7 Å². The molecule has 0 aliphatic rings. The van der Waals surface area contributed by atoms with Gasteiger partial charge in [0.15, 0.2) is 0 Å². The number of aromatic nitrogens is 1. The molecule has 22 heavy (non-hydrogen) atoms. The zero-order chi connectivity index (χ0) is 16.8. The van der Waals surface area contributed by atoms with Gasteiger partial charge < -0.3 is 25.7 Å². The molecule has 0 spiro atoms. The molecule has 0 atom stereocenters. The SMILES string of the molecule is CCCn1cc(N)cc1C(=O)NCCNC(=O)OC(C)(C)C. The molecule has 7 nitrogen and oxygen atoms in total. The normalized spacial score (nSPS) is 11.1. The molecular weight excluding hydrogens is 284 g/mol. The van der Waals surface area contributed by atoms with E-state index in [0.717, 1.165) is 13.0 Å². The molecule has 0 radical (unpaired) electrons. The van der Waals surface area contributed by atoms with Crippen molar-refractivity contribution < 1.29 is 14.3 Å². The molecule has 1 aromatic heterocycles. The second kappa shape index (κ2) is 7.72. The van der Waals surface area contributed by atoms with Gasteiger partial charge in [-0.05, 0) is 33.3 Å². The van der Waals surface area contributed by atoms with Crippen molar-refractivity contribution in [3.63, 3.8) is 0 Å². The highest BCUT2D eigenvalue weighted by atomic mass is 16.6. The Labute approximate surface area is 131 Å². The van der Waals surface area contributed by atoms with Crippen LogP contribution >= 0.6 is 0 Å². The molecule has 1 rings (SSSR count). The number of carbonyl (C=O) groups excluding carboxylic acids is 2. The summed E-state index contributed by atoms with van der Waals surface area (Å²) >= 11 is 0. The Balaban J connectivity index is 2.39. The Morgan fingerprint density at radius 3 is 2.50 bits per heavy atom. The number of nitrogens with one attached hydrogen (secondary N) is 2. The van der Waals surface area contributed by atoms with E-state index in [1.54, 1.807) is 33.0 Å². The molecule has 0 aliphatic carbocycles. The molecule has 124 valence electrons. The van der Waals surface area contributed by atoms with Crippen LogP contribution in [0.5, 0.6) is 0 Å². The number of ether oxygens (including phenoxy) is 1. The Hall–Kier alpha value is -2.18. The predicted molar refractivity (Wildman–Crippen MR) is 85.7 cm³/mol. The molecule has 1 aromatic rings. The van der Waals surface area contributed by atoms with Crippen molar-refractivity contribution in [3.05, 3.63) is 18.0 Å². The van der Waals surface area contributed by atoms with Gasteiger partial charge in [-0.1, -0.05) is 6.92 Å². The number of hydrogen-bond acceptors (Lipinski definition) is 4. The van der Waals surface area contributed by atoms with E-state index < -0.39 is 11.7 Å². The average Bonchev–Trinajstić information content (AvgIpc) is 2.74. The number of hydrogen-bond donors (Lipinski definition) is 3. The second-order valence-electron chi connectivity index (χ2n) is 6.04. The number of alkyl carbamates (subject to hydrolysis) is 1. The molecule has 0 saturated carbocycles. The maximum Gasteiger partial charge on any atom is 0.407 e. The summed E-state index contributed by atoms with van der Waals surface area (Å²) in [5, 5.41) is 5.33. The van der Waals surface area contributed by atoms with Crippen LogP contribution < -0.4 is 16.4 Å². The van der Waals surface area contributed by atoms with Gasteiger partial charge in [0.05, 0.1) is 5.69 Å². The maximum atomic E-state index is 12.1. The molecule has 0 fully saturated rings. The maximum absolute atomic E-state index is 12.1. The van der Waals surface area contributed by atoms with Crippen LogP contribution in [0.25, 0.3) is 0 Å². The van der Waals surface area contributed by atoms with E-state index in [-0.39, 0.29) is 5.91 Å². The minimum absolute atomic E-state index is 0.212. The third-order valence-electron chi connectivity index (χ3n) is 2.69. The van der Waals surface area contributed by atoms with Crippen molar-refractivity contribution in [2.24, 2.45) is 0 Å². The van der Waals surface area contributed by atoms with E-state index in [9.17, 15) is 9.59 Å².